The number of hydrogen-bond acceptors (Lipinski definition) is 12. The minimum absolute atomic E-state index is 0.114. The van der Waals surface area contributed by atoms with Gasteiger partial charge in [0, 0.05) is 14.2 Å². The van der Waals surface area contributed by atoms with E-state index in [0.717, 1.165) is 49.0 Å². The number of alkyl halides is 2. The second-order valence-electron chi connectivity index (χ2n) is 16.1. The number of benzene rings is 1. The zero-order chi connectivity index (χ0) is 44.5. The smallest absolute Gasteiger partial charge is 0.334 e. The molecule has 0 bridgehead atoms. The Morgan fingerprint density at radius 1 is 0.695 bits per heavy atom. The summed E-state index contributed by atoms with van der Waals surface area (Å²) < 4.78 is 31.2. The minimum atomic E-state index is -2.41. The molecule has 5 unspecified atom stereocenters. The van der Waals surface area contributed by atoms with Crippen LogP contribution in [0.5, 0.6) is 0 Å². The Kier molecular flexibility index (Phi) is 26.2. The summed E-state index contributed by atoms with van der Waals surface area (Å²) in [5.41, 5.74) is 3.55. The van der Waals surface area contributed by atoms with Crippen LogP contribution >= 0.6 is 31.9 Å². The first kappa shape index (κ1) is 54.6. The number of rotatable bonds is 32. The average molecular weight is 995 g/mol. The van der Waals surface area contributed by atoms with Crippen LogP contribution in [0, 0.1) is 11.8 Å². The maximum absolute atomic E-state index is 13.3. The van der Waals surface area contributed by atoms with Crippen LogP contribution in [0.2, 0.25) is 25.2 Å². The van der Waals surface area contributed by atoms with E-state index in [1.54, 1.807) is 28.1 Å². The number of halogens is 2. The van der Waals surface area contributed by atoms with Gasteiger partial charge in [0.05, 0.1) is 44.5 Å². The van der Waals surface area contributed by atoms with Crippen LogP contribution in [0.25, 0.3) is 0 Å². The molecule has 16 heteroatoms. The highest BCUT2D eigenvalue weighted by molar-refractivity contribution is 9.10. The summed E-state index contributed by atoms with van der Waals surface area (Å²) in [5, 5.41) is 9.12. The van der Waals surface area contributed by atoms with E-state index in [0.29, 0.717) is 63.8 Å². The molecule has 0 saturated heterocycles. The highest BCUT2D eigenvalue weighted by Gasteiger charge is 2.39. The molecule has 1 rings (SSSR count). The molecular formula is C43H70Br2O12Si2. The number of aliphatic hydroxyl groups is 1. The minimum Gasteiger partial charge on any atom is -0.516 e. The van der Waals surface area contributed by atoms with Crippen molar-refractivity contribution >= 4 is 78.3 Å². The predicted molar refractivity (Wildman–Crippen MR) is 242 cm³/mol. The molecular weight excluding hydrogens is 924 g/mol. The second-order valence-corrected chi connectivity index (χ2v) is 27.3. The van der Waals surface area contributed by atoms with Gasteiger partial charge in [0.2, 0.25) is 0 Å². The normalized spacial score (nSPS) is 15.9. The first-order valence-corrected chi connectivity index (χ1v) is 27.8. The van der Waals surface area contributed by atoms with Crippen molar-refractivity contribution in [3.05, 3.63) is 47.4 Å². The SMILES string of the molecule is CCCCOC(=O)C(CCc1ccc(CCC(CC(C)(Br)C(=O)OCCC[Si](C)(OC)OC)C(=O)OCCCC)cc1)CC(C)(Br)C(=O)OCCC[Si](C)(C=O)/C=C/O. The molecule has 0 heterocycles. The summed E-state index contributed by atoms with van der Waals surface area (Å²) in [4.78, 5) is 64.4. The Hall–Kier alpha value is -2.38. The number of unbranched alkanes of at least 4 members (excludes halogenated alkanes) is 2. The van der Waals surface area contributed by atoms with E-state index in [2.05, 4.69) is 31.9 Å². The molecule has 0 aliphatic rings. The molecule has 0 aliphatic heterocycles. The summed E-state index contributed by atoms with van der Waals surface area (Å²) >= 11 is 7.09. The maximum atomic E-state index is 13.3. The fourth-order valence-electron chi connectivity index (χ4n) is 6.24. The van der Waals surface area contributed by atoms with Gasteiger partial charge in [-0.1, -0.05) is 95.1 Å². The van der Waals surface area contributed by atoms with Crippen molar-refractivity contribution in [2.24, 2.45) is 11.8 Å². The number of ether oxygens (including phenoxy) is 4. The predicted octanol–water partition coefficient (Wildman–Crippen LogP) is 9.25. The van der Waals surface area contributed by atoms with Crippen molar-refractivity contribution in [1.82, 2.24) is 0 Å². The van der Waals surface area contributed by atoms with E-state index < -0.39 is 49.1 Å². The maximum Gasteiger partial charge on any atom is 0.334 e. The Labute approximate surface area is 371 Å². The lowest BCUT2D eigenvalue weighted by Crippen LogP contribution is -2.37. The fraction of sp³-hybridized carbons (Fsp3) is 0.698. The Bertz CT molecular complexity index is 1450. The summed E-state index contributed by atoms with van der Waals surface area (Å²) in [5.74, 6) is -1.88. The summed E-state index contributed by atoms with van der Waals surface area (Å²) in [7, 11) is -1.43. The molecule has 59 heavy (non-hydrogen) atoms. The van der Waals surface area contributed by atoms with E-state index in [1.165, 1.54) is 5.70 Å². The van der Waals surface area contributed by atoms with Crippen LogP contribution in [0.1, 0.15) is 103 Å². The lowest BCUT2D eigenvalue weighted by molar-refractivity contribution is -0.153. The van der Waals surface area contributed by atoms with Gasteiger partial charge in [0.25, 0.3) is 0 Å². The van der Waals surface area contributed by atoms with Gasteiger partial charge in [-0.2, -0.15) is 0 Å². The lowest BCUT2D eigenvalue weighted by Gasteiger charge is -2.26. The highest BCUT2D eigenvalue weighted by atomic mass is 79.9. The number of aryl methyl sites for hydroxylation is 2. The number of aliphatic hydroxyl groups excluding tert-OH is 1. The van der Waals surface area contributed by atoms with Gasteiger partial charge in [0.15, 0.2) is 8.07 Å². The topological polar surface area (TPSA) is 161 Å². The molecule has 12 nitrogen and oxygen atoms in total. The van der Waals surface area contributed by atoms with Crippen molar-refractivity contribution in [1.29, 1.82) is 0 Å². The molecule has 0 aliphatic carbocycles. The molecule has 5 atom stereocenters. The van der Waals surface area contributed by atoms with Crippen molar-refractivity contribution in [3.63, 3.8) is 0 Å². The van der Waals surface area contributed by atoms with Crippen LogP contribution in [0.15, 0.2) is 36.2 Å². The summed E-state index contributed by atoms with van der Waals surface area (Å²) in [6, 6.07) is 9.21. The van der Waals surface area contributed by atoms with Crippen LogP contribution in [0.4, 0.5) is 0 Å². The monoisotopic (exact) mass is 992 g/mol. The van der Waals surface area contributed by atoms with Gasteiger partial charge in [0.1, 0.15) is 14.6 Å². The summed E-state index contributed by atoms with van der Waals surface area (Å²) in [6.07, 6.45) is 7.66. The molecule has 0 saturated carbocycles. The fourth-order valence-corrected chi connectivity index (χ4v) is 10.2. The highest BCUT2D eigenvalue weighted by Crippen LogP contribution is 2.33. The standard InChI is InChI=1S/C43H70Br2O12Si2/c1-9-11-24-54-38(48)36(31-42(3,44)40(50)56-26-13-28-58(7,33-47)30-23-46)21-19-34-15-17-35(18-16-34)20-22-37(39(49)55-25-12-10-2)32-43(4,45)41(51)57-27-14-29-59(8,52-5)53-6/h15-18,23,30,33,36-37,46H,9-14,19-22,24-29,31-32H2,1-8H3/b30-23+. The molecule has 0 amide bonds. The molecule has 336 valence electrons. The van der Waals surface area contributed by atoms with Crippen LogP contribution in [-0.2, 0) is 64.6 Å². The largest absolute Gasteiger partial charge is 0.516 e. The molecule has 1 aromatic rings. The average Bonchev–Trinajstić information content (AvgIpc) is 3.21. The first-order valence-electron chi connectivity index (χ1n) is 20.9. The van der Waals surface area contributed by atoms with Gasteiger partial charge in [-0.05, 0) is 108 Å². The zero-order valence-electron chi connectivity index (χ0n) is 36.6. The van der Waals surface area contributed by atoms with Crippen molar-refractivity contribution < 1.29 is 56.9 Å². The molecule has 0 fully saturated rings. The van der Waals surface area contributed by atoms with E-state index >= 15 is 0 Å². The number of hydrogen-bond donors (Lipinski definition) is 1. The third-order valence-electron chi connectivity index (χ3n) is 10.5. The third-order valence-corrected chi connectivity index (χ3v) is 17.7. The Morgan fingerprint density at radius 3 is 1.44 bits per heavy atom. The number of carbonyl (C=O) groups excluding carboxylic acids is 5. The first-order chi connectivity index (χ1) is 27.8. The molecule has 0 radical (unpaired) electrons. The van der Waals surface area contributed by atoms with Crippen LogP contribution in [-0.4, -0.2) is 101 Å². The van der Waals surface area contributed by atoms with Crippen LogP contribution < -0.4 is 0 Å². The Balaban J connectivity index is 2.96. The Morgan fingerprint density at radius 2 is 1.08 bits per heavy atom. The molecule has 0 spiro atoms. The number of carbonyl (C=O) groups is 5. The van der Waals surface area contributed by atoms with Gasteiger partial charge >= 0.3 is 32.4 Å². The second kappa shape index (κ2) is 28.3. The van der Waals surface area contributed by atoms with Crippen molar-refractivity contribution in [2.45, 2.75) is 139 Å². The quantitative estimate of drug-likeness (QED) is 0.0139. The third kappa shape index (κ3) is 21.3. The van der Waals surface area contributed by atoms with Crippen molar-refractivity contribution in [2.75, 3.05) is 40.6 Å². The molecule has 1 N–H and O–H groups in total. The van der Waals surface area contributed by atoms with Crippen LogP contribution in [0.3, 0.4) is 0 Å². The zero-order valence-corrected chi connectivity index (χ0v) is 41.8. The van der Waals surface area contributed by atoms with Gasteiger partial charge in [-0.15, -0.1) is 0 Å². The van der Waals surface area contributed by atoms with E-state index in [4.69, 9.17) is 32.9 Å². The molecule has 0 aromatic heterocycles. The van der Waals surface area contributed by atoms with Crippen molar-refractivity contribution in [3.8, 4) is 0 Å². The summed E-state index contributed by atoms with van der Waals surface area (Å²) in [6.45, 7) is 12.2. The van der Waals surface area contributed by atoms with E-state index in [-0.39, 0.29) is 38.0 Å². The van der Waals surface area contributed by atoms with E-state index in [9.17, 15) is 24.0 Å². The van der Waals surface area contributed by atoms with Gasteiger partial charge in [-0.25, -0.2) is 0 Å². The lowest BCUT2D eigenvalue weighted by atomic mass is 9.89. The van der Waals surface area contributed by atoms with E-state index in [1.807, 2.05) is 51.2 Å². The van der Waals surface area contributed by atoms with Gasteiger partial charge < -0.3 is 37.7 Å². The number of esters is 4. The molecule has 1 aromatic carbocycles. The van der Waals surface area contributed by atoms with Gasteiger partial charge in [-0.3, -0.25) is 19.2 Å².